The minimum absolute atomic E-state index is 0.0389. The number of nitrogens with two attached hydrogens (primary N) is 1. The van der Waals surface area contributed by atoms with Crippen LogP contribution in [0.3, 0.4) is 0 Å². The van der Waals surface area contributed by atoms with Crippen molar-refractivity contribution in [1.29, 1.82) is 0 Å². The summed E-state index contributed by atoms with van der Waals surface area (Å²) in [5.74, 6) is -0.0389. The first-order valence-electron chi connectivity index (χ1n) is 4.29. The maximum Gasteiger partial charge on any atom is 0.269 e. The van der Waals surface area contributed by atoms with Crippen molar-refractivity contribution < 1.29 is 18.6 Å². The molecule has 0 aliphatic carbocycles. The summed E-state index contributed by atoms with van der Waals surface area (Å²) in [4.78, 5) is 3.75. The van der Waals surface area contributed by atoms with Crippen molar-refractivity contribution in [3.8, 4) is 5.75 Å². The Balaban J connectivity index is 3.37. The van der Waals surface area contributed by atoms with Gasteiger partial charge in [-0.1, -0.05) is 0 Å². The number of hydrogen-bond donors (Lipinski definition) is 2. The molecule has 0 saturated heterocycles. The van der Waals surface area contributed by atoms with E-state index in [0.717, 1.165) is 0 Å². The van der Waals surface area contributed by atoms with E-state index in [1.165, 1.54) is 13.3 Å². The fraction of sp³-hybridized carbons (Fsp3) is 0.444. The smallest absolute Gasteiger partial charge is 0.269 e. The number of nitrogens with zero attached hydrogens (tertiary/aromatic N) is 1. The van der Waals surface area contributed by atoms with Crippen molar-refractivity contribution >= 4 is 0 Å². The van der Waals surface area contributed by atoms with E-state index in [4.69, 9.17) is 15.6 Å². The SMILES string of the molecule is COc1c(CO)cnc(CN)c1C(F)F. The molecule has 3 N–H and O–H groups in total. The van der Waals surface area contributed by atoms with Crippen molar-refractivity contribution in [2.24, 2.45) is 5.73 Å². The monoisotopic (exact) mass is 218 g/mol. The lowest BCUT2D eigenvalue weighted by molar-refractivity contribution is 0.144. The van der Waals surface area contributed by atoms with Crippen molar-refractivity contribution in [1.82, 2.24) is 4.98 Å². The molecule has 1 aromatic heterocycles. The average molecular weight is 218 g/mol. The Morgan fingerprint density at radius 3 is 2.67 bits per heavy atom. The second-order valence-electron chi connectivity index (χ2n) is 2.84. The number of aliphatic hydroxyl groups excluding tert-OH is 1. The number of pyridine rings is 1. The van der Waals surface area contributed by atoms with Gasteiger partial charge in [0.1, 0.15) is 5.75 Å². The second kappa shape index (κ2) is 4.99. The normalized spacial score (nSPS) is 10.8. The topological polar surface area (TPSA) is 68.4 Å². The highest BCUT2D eigenvalue weighted by atomic mass is 19.3. The van der Waals surface area contributed by atoms with Gasteiger partial charge in [-0.2, -0.15) is 0 Å². The van der Waals surface area contributed by atoms with Crippen LogP contribution < -0.4 is 10.5 Å². The van der Waals surface area contributed by atoms with Gasteiger partial charge in [-0.25, -0.2) is 8.78 Å². The van der Waals surface area contributed by atoms with Crippen LogP contribution in [0.25, 0.3) is 0 Å². The van der Waals surface area contributed by atoms with Gasteiger partial charge in [0.25, 0.3) is 6.43 Å². The quantitative estimate of drug-likeness (QED) is 0.790. The molecule has 15 heavy (non-hydrogen) atoms. The maximum absolute atomic E-state index is 12.7. The van der Waals surface area contributed by atoms with Gasteiger partial charge in [-0.15, -0.1) is 0 Å². The molecule has 0 unspecified atom stereocenters. The number of aromatic nitrogens is 1. The second-order valence-corrected chi connectivity index (χ2v) is 2.84. The first kappa shape index (κ1) is 11.8. The van der Waals surface area contributed by atoms with Crippen molar-refractivity contribution in [3.05, 3.63) is 23.0 Å². The van der Waals surface area contributed by atoms with Gasteiger partial charge in [0.2, 0.25) is 0 Å². The van der Waals surface area contributed by atoms with Gasteiger partial charge in [-0.3, -0.25) is 4.98 Å². The van der Waals surface area contributed by atoms with Gasteiger partial charge in [-0.05, 0) is 0 Å². The number of alkyl halides is 2. The van der Waals surface area contributed by atoms with E-state index in [1.807, 2.05) is 0 Å². The lowest BCUT2D eigenvalue weighted by Crippen LogP contribution is -2.09. The van der Waals surface area contributed by atoms with Crippen molar-refractivity contribution in [2.75, 3.05) is 7.11 Å². The van der Waals surface area contributed by atoms with Crippen LogP contribution in [-0.4, -0.2) is 17.2 Å². The number of hydrogen-bond acceptors (Lipinski definition) is 4. The predicted molar refractivity (Wildman–Crippen MR) is 49.6 cm³/mol. The molecule has 84 valence electrons. The molecule has 0 aliphatic rings. The van der Waals surface area contributed by atoms with Crippen LogP contribution in [0.5, 0.6) is 5.75 Å². The Hall–Kier alpha value is -1.27. The minimum Gasteiger partial charge on any atom is -0.496 e. The third kappa shape index (κ3) is 2.21. The highest BCUT2D eigenvalue weighted by Crippen LogP contribution is 2.33. The first-order valence-corrected chi connectivity index (χ1v) is 4.29. The van der Waals surface area contributed by atoms with Crippen LogP contribution >= 0.6 is 0 Å². The molecular formula is C9H12F2N2O2. The molecule has 0 bridgehead atoms. The molecule has 0 fully saturated rings. The molecule has 4 nitrogen and oxygen atoms in total. The number of aliphatic hydroxyl groups is 1. The molecule has 0 amide bonds. The highest BCUT2D eigenvalue weighted by Gasteiger charge is 2.22. The van der Waals surface area contributed by atoms with Crippen LogP contribution in [0.1, 0.15) is 23.2 Å². The lowest BCUT2D eigenvalue weighted by atomic mass is 10.1. The van der Waals surface area contributed by atoms with Crippen molar-refractivity contribution in [3.63, 3.8) is 0 Å². The third-order valence-electron chi connectivity index (χ3n) is 2.01. The molecule has 0 atom stereocenters. The molecule has 0 aromatic carbocycles. The Labute approximate surface area is 85.7 Å². The summed E-state index contributed by atoms with van der Waals surface area (Å²) < 4.78 is 30.3. The molecule has 1 aromatic rings. The van der Waals surface area contributed by atoms with Gasteiger partial charge in [0.05, 0.1) is 25.0 Å². The van der Waals surface area contributed by atoms with Crippen LogP contribution in [0.4, 0.5) is 8.78 Å². The van der Waals surface area contributed by atoms with E-state index < -0.39 is 13.0 Å². The summed E-state index contributed by atoms with van der Waals surface area (Å²) in [5.41, 5.74) is 5.26. The van der Waals surface area contributed by atoms with E-state index in [2.05, 4.69) is 4.98 Å². The summed E-state index contributed by atoms with van der Waals surface area (Å²) in [6, 6.07) is 0. The summed E-state index contributed by atoms with van der Waals surface area (Å²) in [6.45, 7) is -0.498. The predicted octanol–water partition coefficient (Wildman–Crippen LogP) is 0.979. The van der Waals surface area contributed by atoms with E-state index >= 15 is 0 Å². The fourth-order valence-electron chi connectivity index (χ4n) is 1.33. The van der Waals surface area contributed by atoms with Gasteiger partial charge < -0.3 is 15.6 Å². The Kier molecular flexibility index (Phi) is 3.93. The van der Waals surface area contributed by atoms with E-state index in [-0.39, 0.29) is 29.1 Å². The number of ether oxygens (including phenoxy) is 1. The molecule has 1 heterocycles. The van der Waals surface area contributed by atoms with Crippen molar-refractivity contribution in [2.45, 2.75) is 19.6 Å². The van der Waals surface area contributed by atoms with Gasteiger partial charge in [0, 0.05) is 18.3 Å². The number of methoxy groups -OCH3 is 1. The first-order chi connectivity index (χ1) is 7.15. The van der Waals surface area contributed by atoms with E-state index in [0.29, 0.717) is 0 Å². The number of rotatable bonds is 4. The Bertz CT molecular complexity index is 345. The summed E-state index contributed by atoms with van der Waals surface area (Å²) >= 11 is 0. The molecular weight excluding hydrogens is 206 g/mol. The van der Waals surface area contributed by atoms with Gasteiger partial charge >= 0.3 is 0 Å². The van der Waals surface area contributed by atoms with Crippen LogP contribution in [0.2, 0.25) is 0 Å². The van der Waals surface area contributed by atoms with Crippen LogP contribution in [0.15, 0.2) is 6.20 Å². The van der Waals surface area contributed by atoms with Gasteiger partial charge in [0.15, 0.2) is 0 Å². The maximum atomic E-state index is 12.7. The zero-order chi connectivity index (χ0) is 11.4. The standard InChI is InChI=1S/C9H12F2N2O2/c1-15-8-5(4-14)3-13-6(2-12)7(8)9(10)11/h3,9,14H,2,4,12H2,1H3. The molecule has 1 rings (SSSR count). The fourth-order valence-corrected chi connectivity index (χ4v) is 1.33. The molecule has 0 radical (unpaired) electrons. The largest absolute Gasteiger partial charge is 0.496 e. The Morgan fingerprint density at radius 1 is 1.60 bits per heavy atom. The lowest BCUT2D eigenvalue weighted by Gasteiger charge is -2.14. The van der Waals surface area contributed by atoms with E-state index in [1.54, 1.807) is 0 Å². The summed E-state index contributed by atoms with van der Waals surface area (Å²) in [5, 5.41) is 8.92. The van der Waals surface area contributed by atoms with Crippen LogP contribution in [-0.2, 0) is 13.2 Å². The minimum atomic E-state index is -2.72. The zero-order valence-electron chi connectivity index (χ0n) is 8.20. The molecule has 0 saturated carbocycles. The highest BCUT2D eigenvalue weighted by molar-refractivity contribution is 5.43. The summed E-state index contributed by atoms with van der Waals surface area (Å²) in [6.07, 6.45) is -1.44. The third-order valence-corrected chi connectivity index (χ3v) is 2.01. The average Bonchev–Trinajstić information content (AvgIpc) is 2.26. The Morgan fingerprint density at radius 2 is 2.27 bits per heavy atom. The summed E-state index contributed by atoms with van der Waals surface area (Å²) in [7, 11) is 1.26. The number of halogens is 2. The van der Waals surface area contributed by atoms with Crippen LogP contribution in [0, 0.1) is 0 Å². The molecule has 6 heteroatoms. The molecule has 0 aliphatic heterocycles. The molecule has 0 spiro atoms. The zero-order valence-corrected chi connectivity index (χ0v) is 8.20. The van der Waals surface area contributed by atoms with E-state index in [9.17, 15) is 8.78 Å².